The molecule has 0 radical (unpaired) electrons. The van der Waals surface area contributed by atoms with E-state index >= 15 is 0 Å². The highest BCUT2D eigenvalue weighted by atomic mass is 16.4. The second kappa shape index (κ2) is 7.58. The number of hydrogen-bond acceptors (Lipinski definition) is 5. The SMILES string of the molecule is Cc1c(C(=O)N2CCCC2)oc2c1-c1nn(CC(=O)N3CCN(C)CC3)cc1CC2. The van der Waals surface area contributed by atoms with Gasteiger partial charge in [-0.2, -0.15) is 5.10 Å². The maximum absolute atomic E-state index is 12.9. The lowest BCUT2D eigenvalue weighted by atomic mass is 9.93. The topological polar surface area (TPSA) is 74.8 Å². The summed E-state index contributed by atoms with van der Waals surface area (Å²) in [5, 5.41) is 4.75. The third-order valence-electron chi connectivity index (χ3n) is 6.66. The maximum Gasteiger partial charge on any atom is 0.289 e. The third-order valence-corrected chi connectivity index (χ3v) is 6.66. The van der Waals surface area contributed by atoms with E-state index in [4.69, 9.17) is 9.52 Å². The van der Waals surface area contributed by atoms with Crippen LogP contribution in [0.25, 0.3) is 11.3 Å². The molecule has 2 aromatic rings. The minimum absolute atomic E-state index is 0.00868. The van der Waals surface area contributed by atoms with Gasteiger partial charge in [0.05, 0.1) is 5.69 Å². The van der Waals surface area contributed by atoms with Gasteiger partial charge < -0.3 is 19.1 Å². The molecule has 8 heteroatoms. The van der Waals surface area contributed by atoms with Gasteiger partial charge in [-0.25, -0.2) is 0 Å². The molecule has 2 amide bonds. The molecule has 0 N–H and O–H groups in total. The van der Waals surface area contributed by atoms with Crippen LogP contribution in [-0.2, 0) is 24.2 Å². The van der Waals surface area contributed by atoms with Crippen molar-refractivity contribution in [3.63, 3.8) is 0 Å². The van der Waals surface area contributed by atoms with Crippen LogP contribution in [0.1, 0.15) is 40.3 Å². The third kappa shape index (κ3) is 3.33. The van der Waals surface area contributed by atoms with E-state index in [9.17, 15) is 9.59 Å². The van der Waals surface area contributed by atoms with E-state index in [1.54, 1.807) is 4.68 Å². The molecule has 0 unspecified atom stereocenters. The number of piperazine rings is 1. The first-order chi connectivity index (χ1) is 14.5. The monoisotopic (exact) mass is 411 g/mol. The van der Waals surface area contributed by atoms with Crippen molar-refractivity contribution in [1.29, 1.82) is 0 Å². The van der Waals surface area contributed by atoms with Crippen LogP contribution in [0.4, 0.5) is 0 Å². The summed E-state index contributed by atoms with van der Waals surface area (Å²) in [5.41, 5.74) is 3.81. The summed E-state index contributed by atoms with van der Waals surface area (Å²) < 4.78 is 7.80. The predicted molar refractivity (Wildman–Crippen MR) is 111 cm³/mol. The van der Waals surface area contributed by atoms with Gasteiger partial charge in [0, 0.05) is 63.0 Å². The molecular formula is C22H29N5O3. The van der Waals surface area contributed by atoms with Crippen LogP contribution in [0.2, 0.25) is 0 Å². The van der Waals surface area contributed by atoms with E-state index in [0.29, 0.717) is 5.76 Å². The fourth-order valence-electron chi connectivity index (χ4n) is 4.81. The van der Waals surface area contributed by atoms with E-state index in [0.717, 1.165) is 93.1 Å². The summed E-state index contributed by atoms with van der Waals surface area (Å²) in [6.07, 6.45) is 5.67. The summed E-state index contributed by atoms with van der Waals surface area (Å²) in [4.78, 5) is 31.7. The number of carbonyl (C=O) groups excluding carboxylic acids is 2. The zero-order valence-corrected chi connectivity index (χ0v) is 17.8. The minimum atomic E-state index is -0.00868. The highest BCUT2D eigenvalue weighted by molar-refractivity contribution is 5.95. The Balaban J connectivity index is 1.38. The van der Waals surface area contributed by atoms with Crippen LogP contribution in [-0.4, -0.2) is 82.6 Å². The van der Waals surface area contributed by atoms with Gasteiger partial charge in [-0.05, 0) is 38.8 Å². The second-order valence-corrected chi connectivity index (χ2v) is 8.74. The molecule has 2 saturated heterocycles. The molecule has 2 fully saturated rings. The van der Waals surface area contributed by atoms with Crippen LogP contribution in [0.3, 0.4) is 0 Å². The van der Waals surface area contributed by atoms with Crippen molar-refractivity contribution >= 4 is 11.8 Å². The Bertz CT molecular complexity index is 977. The molecule has 0 saturated carbocycles. The van der Waals surface area contributed by atoms with E-state index in [2.05, 4.69) is 11.9 Å². The number of likely N-dealkylation sites (N-methyl/N-ethyl adjacent to an activating group) is 1. The summed E-state index contributed by atoms with van der Waals surface area (Å²) >= 11 is 0. The average Bonchev–Trinajstić information content (AvgIpc) is 3.46. The molecule has 0 spiro atoms. The fourth-order valence-corrected chi connectivity index (χ4v) is 4.81. The first kappa shape index (κ1) is 19.4. The summed E-state index contributed by atoms with van der Waals surface area (Å²) in [6, 6.07) is 0. The van der Waals surface area contributed by atoms with Crippen molar-refractivity contribution < 1.29 is 14.0 Å². The quantitative estimate of drug-likeness (QED) is 0.766. The zero-order chi connectivity index (χ0) is 20.8. The summed E-state index contributed by atoms with van der Waals surface area (Å²) in [5.74, 6) is 1.40. The van der Waals surface area contributed by atoms with E-state index in [1.165, 1.54) is 0 Å². The normalized spacial score (nSPS) is 19.1. The van der Waals surface area contributed by atoms with Gasteiger partial charge in [0.2, 0.25) is 5.91 Å². The van der Waals surface area contributed by atoms with Gasteiger partial charge >= 0.3 is 0 Å². The zero-order valence-electron chi connectivity index (χ0n) is 17.8. The van der Waals surface area contributed by atoms with Crippen molar-refractivity contribution in [2.45, 2.75) is 39.2 Å². The number of furan rings is 1. The Kier molecular flexibility index (Phi) is 4.89. The number of carbonyl (C=O) groups is 2. The van der Waals surface area contributed by atoms with E-state index in [-0.39, 0.29) is 18.4 Å². The van der Waals surface area contributed by atoms with Gasteiger partial charge in [-0.1, -0.05) is 0 Å². The Labute approximate surface area is 176 Å². The molecule has 2 aromatic heterocycles. The lowest BCUT2D eigenvalue weighted by Crippen LogP contribution is -2.48. The molecule has 0 aromatic carbocycles. The van der Waals surface area contributed by atoms with Gasteiger partial charge in [-0.15, -0.1) is 0 Å². The van der Waals surface area contributed by atoms with Crippen molar-refractivity contribution in [2.75, 3.05) is 46.3 Å². The number of amides is 2. The summed E-state index contributed by atoms with van der Waals surface area (Å²) in [7, 11) is 2.08. The van der Waals surface area contributed by atoms with Crippen molar-refractivity contribution in [2.24, 2.45) is 0 Å². The van der Waals surface area contributed by atoms with Crippen molar-refractivity contribution in [3.8, 4) is 11.3 Å². The smallest absolute Gasteiger partial charge is 0.289 e. The number of aryl methyl sites for hydroxylation is 2. The van der Waals surface area contributed by atoms with Gasteiger partial charge in [0.15, 0.2) is 5.76 Å². The lowest BCUT2D eigenvalue weighted by molar-refractivity contribution is -0.133. The molecule has 2 aliphatic heterocycles. The molecule has 160 valence electrons. The lowest BCUT2D eigenvalue weighted by Gasteiger charge is -2.32. The van der Waals surface area contributed by atoms with Gasteiger partial charge in [-0.3, -0.25) is 14.3 Å². The van der Waals surface area contributed by atoms with Gasteiger partial charge in [0.1, 0.15) is 12.3 Å². The molecule has 4 heterocycles. The second-order valence-electron chi connectivity index (χ2n) is 8.74. The highest BCUT2D eigenvalue weighted by Gasteiger charge is 2.32. The van der Waals surface area contributed by atoms with Crippen molar-refractivity contribution in [3.05, 3.63) is 28.8 Å². The predicted octanol–water partition coefficient (Wildman–Crippen LogP) is 1.56. The standard InChI is InChI=1S/C22H29N5O3/c1-15-19-17(30-21(15)22(29)26-7-3-4-8-26)6-5-16-13-27(23-20(16)19)14-18(28)25-11-9-24(2)10-12-25/h13H,3-12,14H2,1-2H3. The largest absolute Gasteiger partial charge is 0.455 e. The highest BCUT2D eigenvalue weighted by Crippen LogP contribution is 2.38. The molecular weight excluding hydrogens is 382 g/mol. The Morgan fingerprint density at radius 1 is 1.03 bits per heavy atom. The molecule has 30 heavy (non-hydrogen) atoms. The number of aromatic nitrogens is 2. The number of likely N-dealkylation sites (tertiary alicyclic amines) is 1. The Morgan fingerprint density at radius 3 is 2.50 bits per heavy atom. The molecule has 0 atom stereocenters. The molecule has 0 bridgehead atoms. The first-order valence-electron chi connectivity index (χ1n) is 11.0. The number of fused-ring (bicyclic) bond motifs is 3. The Morgan fingerprint density at radius 2 is 1.77 bits per heavy atom. The summed E-state index contributed by atoms with van der Waals surface area (Å²) in [6.45, 7) is 7.17. The fraction of sp³-hybridized carbons (Fsp3) is 0.591. The number of nitrogens with zero attached hydrogens (tertiary/aromatic N) is 5. The van der Waals surface area contributed by atoms with Crippen LogP contribution in [0.5, 0.6) is 0 Å². The van der Waals surface area contributed by atoms with Crippen LogP contribution in [0, 0.1) is 6.92 Å². The molecule has 8 nitrogen and oxygen atoms in total. The van der Waals surface area contributed by atoms with Gasteiger partial charge in [0.25, 0.3) is 5.91 Å². The van der Waals surface area contributed by atoms with E-state index in [1.807, 2.05) is 22.9 Å². The molecule has 3 aliphatic rings. The Hall–Kier alpha value is -2.61. The van der Waals surface area contributed by atoms with Crippen molar-refractivity contribution in [1.82, 2.24) is 24.5 Å². The first-order valence-corrected chi connectivity index (χ1v) is 11.0. The van der Waals surface area contributed by atoms with Crippen LogP contribution >= 0.6 is 0 Å². The minimum Gasteiger partial charge on any atom is -0.455 e. The average molecular weight is 412 g/mol. The number of rotatable bonds is 3. The number of hydrogen-bond donors (Lipinski definition) is 0. The van der Waals surface area contributed by atoms with E-state index < -0.39 is 0 Å². The molecule has 5 rings (SSSR count). The van der Waals surface area contributed by atoms with Crippen LogP contribution in [0.15, 0.2) is 10.6 Å². The maximum atomic E-state index is 12.9. The van der Waals surface area contributed by atoms with Crippen LogP contribution < -0.4 is 0 Å². The molecule has 1 aliphatic carbocycles.